The highest BCUT2D eigenvalue weighted by molar-refractivity contribution is 5.11. The van der Waals surface area contributed by atoms with Gasteiger partial charge >= 0.3 is 0 Å². The van der Waals surface area contributed by atoms with Gasteiger partial charge in [-0.25, -0.2) is 0 Å². The van der Waals surface area contributed by atoms with Crippen LogP contribution in [0, 0.1) is 0 Å². The Kier molecular flexibility index (Phi) is 6.30. The number of hydrogen-bond donors (Lipinski definition) is 1. The Morgan fingerprint density at radius 3 is 2.82 bits per heavy atom. The normalized spacial score (nSPS) is 13.2. The maximum Gasteiger partial charge on any atom is 0.0446 e. The molecule has 17 heavy (non-hydrogen) atoms. The summed E-state index contributed by atoms with van der Waals surface area (Å²) in [5.41, 5.74) is 1.40. The Balaban J connectivity index is 2.47. The van der Waals surface area contributed by atoms with Crippen LogP contribution in [0.15, 0.2) is 18.3 Å². The first-order valence-electron chi connectivity index (χ1n) is 6.68. The van der Waals surface area contributed by atoms with Gasteiger partial charge in [0.1, 0.15) is 0 Å². The smallest absolute Gasteiger partial charge is 0.0446 e. The number of aromatic nitrogens is 1. The molecular formula is C14H27N3. The molecule has 1 aromatic rings. The lowest BCUT2D eigenvalue weighted by molar-refractivity contribution is 0.382. The highest BCUT2D eigenvalue weighted by Gasteiger charge is 2.08. The third-order valence-corrected chi connectivity index (χ3v) is 3.01. The SMILES string of the molecule is CCCNC(C)c1cccn1CCCN(C)C. The topological polar surface area (TPSA) is 20.2 Å². The molecule has 1 unspecified atom stereocenters. The summed E-state index contributed by atoms with van der Waals surface area (Å²) in [6, 6.07) is 4.82. The molecular weight excluding hydrogens is 210 g/mol. The van der Waals surface area contributed by atoms with Crippen LogP contribution in [0.1, 0.15) is 38.4 Å². The summed E-state index contributed by atoms with van der Waals surface area (Å²) >= 11 is 0. The van der Waals surface area contributed by atoms with Crippen LogP contribution in [0.25, 0.3) is 0 Å². The molecule has 0 fully saturated rings. The van der Waals surface area contributed by atoms with E-state index >= 15 is 0 Å². The van der Waals surface area contributed by atoms with Crippen molar-refractivity contribution in [1.29, 1.82) is 0 Å². The summed E-state index contributed by atoms with van der Waals surface area (Å²) in [6.45, 7) is 7.79. The second kappa shape index (κ2) is 7.51. The lowest BCUT2D eigenvalue weighted by Gasteiger charge is -2.17. The van der Waals surface area contributed by atoms with Crippen LogP contribution >= 0.6 is 0 Å². The Morgan fingerprint density at radius 2 is 2.18 bits per heavy atom. The van der Waals surface area contributed by atoms with Gasteiger partial charge in [-0.15, -0.1) is 0 Å². The van der Waals surface area contributed by atoms with Gasteiger partial charge in [0.15, 0.2) is 0 Å². The fraction of sp³-hybridized carbons (Fsp3) is 0.714. The summed E-state index contributed by atoms with van der Waals surface area (Å²) in [6.07, 6.45) is 4.58. The molecule has 3 nitrogen and oxygen atoms in total. The summed E-state index contributed by atoms with van der Waals surface area (Å²) in [5.74, 6) is 0. The molecule has 1 atom stereocenters. The van der Waals surface area contributed by atoms with E-state index in [2.05, 4.69) is 61.1 Å². The molecule has 1 heterocycles. The molecule has 0 aliphatic carbocycles. The summed E-state index contributed by atoms with van der Waals surface area (Å²) in [4.78, 5) is 2.24. The van der Waals surface area contributed by atoms with Gasteiger partial charge in [-0.1, -0.05) is 6.92 Å². The van der Waals surface area contributed by atoms with Gasteiger partial charge in [-0.05, 0) is 59.1 Å². The van der Waals surface area contributed by atoms with Crippen molar-refractivity contribution >= 4 is 0 Å². The van der Waals surface area contributed by atoms with E-state index in [1.165, 1.54) is 18.5 Å². The first-order chi connectivity index (χ1) is 8.15. The minimum atomic E-state index is 0.448. The monoisotopic (exact) mass is 237 g/mol. The van der Waals surface area contributed by atoms with E-state index in [-0.39, 0.29) is 0 Å². The summed E-state index contributed by atoms with van der Waals surface area (Å²) < 4.78 is 2.37. The van der Waals surface area contributed by atoms with Crippen LogP contribution in [0.2, 0.25) is 0 Å². The van der Waals surface area contributed by atoms with E-state index in [1.54, 1.807) is 0 Å². The maximum atomic E-state index is 3.54. The third kappa shape index (κ3) is 4.92. The molecule has 0 bridgehead atoms. The van der Waals surface area contributed by atoms with E-state index in [0.717, 1.165) is 19.6 Å². The molecule has 0 aromatic carbocycles. The second-order valence-electron chi connectivity index (χ2n) is 4.96. The van der Waals surface area contributed by atoms with E-state index in [4.69, 9.17) is 0 Å². The van der Waals surface area contributed by atoms with Crippen LogP contribution < -0.4 is 5.32 Å². The molecule has 0 radical (unpaired) electrons. The average molecular weight is 237 g/mol. The first kappa shape index (κ1) is 14.3. The van der Waals surface area contributed by atoms with Crippen molar-refractivity contribution in [2.75, 3.05) is 27.2 Å². The van der Waals surface area contributed by atoms with Crippen LogP contribution in [-0.4, -0.2) is 36.7 Å². The lowest BCUT2D eigenvalue weighted by Crippen LogP contribution is -2.22. The molecule has 0 aliphatic rings. The molecule has 98 valence electrons. The van der Waals surface area contributed by atoms with Gasteiger partial charge in [0.2, 0.25) is 0 Å². The molecule has 3 heteroatoms. The lowest BCUT2D eigenvalue weighted by atomic mass is 10.2. The van der Waals surface area contributed by atoms with Crippen LogP contribution in [0.4, 0.5) is 0 Å². The van der Waals surface area contributed by atoms with Crippen molar-refractivity contribution in [2.24, 2.45) is 0 Å². The van der Waals surface area contributed by atoms with Crippen LogP contribution in [0.3, 0.4) is 0 Å². The molecule has 0 saturated carbocycles. The van der Waals surface area contributed by atoms with Gasteiger partial charge in [0.05, 0.1) is 0 Å². The van der Waals surface area contributed by atoms with Crippen LogP contribution in [-0.2, 0) is 6.54 Å². The molecule has 1 aromatic heterocycles. The largest absolute Gasteiger partial charge is 0.350 e. The third-order valence-electron chi connectivity index (χ3n) is 3.01. The fourth-order valence-electron chi connectivity index (χ4n) is 2.05. The van der Waals surface area contributed by atoms with Gasteiger partial charge < -0.3 is 14.8 Å². The number of nitrogens with zero attached hydrogens (tertiary/aromatic N) is 2. The summed E-state index contributed by atoms with van der Waals surface area (Å²) in [7, 11) is 4.25. The predicted molar refractivity (Wildman–Crippen MR) is 74.3 cm³/mol. The first-order valence-corrected chi connectivity index (χ1v) is 6.68. The van der Waals surface area contributed by atoms with Gasteiger partial charge in [0, 0.05) is 24.5 Å². The zero-order valence-corrected chi connectivity index (χ0v) is 11.7. The molecule has 0 amide bonds. The second-order valence-corrected chi connectivity index (χ2v) is 4.96. The van der Waals surface area contributed by atoms with Crippen molar-refractivity contribution < 1.29 is 0 Å². The Labute approximate surface area is 106 Å². The van der Waals surface area contributed by atoms with E-state index in [0.29, 0.717) is 6.04 Å². The Morgan fingerprint density at radius 1 is 1.41 bits per heavy atom. The van der Waals surface area contributed by atoms with Gasteiger partial charge in [0.25, 0.3) is 0 Å². The fourth-order valence-corrected chi connectivity index (χ4v) is 2.05. The number of rotatable bonds is 8. The number of aryl methyl sites for hydroxylation is 1. The van der Waals surface area contributed by atoms with Gasteiger partial charge in [-0.3, -0.25) is 0 Å². The average Bonchev–Trinajstić information content (AvgIpc) is 2.73. The van der Waals surface area contributed by atoms with E-state index in [9.17, 15) is 0 Å². The number of nitrogens with one attached hydrogen (secondary N) is 1. The van der Waals surface area contributed by atoms with Crippen LogP contribution in [0.5, 0.6) is 0 Å². The van der Waals surface area contributed by atoms with Crippen molar-refractivity contribution in [2.45, 2.75) is 39.3 Å². The van der Waals surface area contributed by atoms with Crippen molar-refractivity contribution in [3.63, 3.8) is 0 Å². The summed E-state index contributed by atoms with van der Waals surface area (Å²) in [5, 5.41) is 3.54. The zero-order chi connectivity index (χ0) is 12.7. The zero-order valence-electron chi connectivity index (χ0n) is 11.7. The van der Waals surface area contributed by atoms with E-state index < -0.39 is 0 Å². The van der Waals surface area contributed by atoms with Gasteiger partial charge in [-0.2, -0.15) is 0 Å². The molecule has 0 aliphatic heterocycles. The highest BCUT2D eigenvalue weighted by atomic mass is 15.1. The maximum absolute atomic E-state index is 3.54. The van der Waals surface area contributed by atoms with Crippen molar-refractivity contribution in [3.8, 4) is 0 Å². The minimum Gasteiger partial charge on any atom is -0.350 e. The highest BCUT2D eigenvalue weighted by Crippen LogP contribution is 2.13. The Hall–Kier alpha value is -0.800. The Bertz CT molecular complexity index is 304. The van der Waals surface area contributed by atoms with Crippen molar-refractivity contribution in [1.82, 2.24) is 14.8 Å². The van der Waals surface area contributed by atoms with E-state index in [1.807, 2.05) is 0 Å². The molecule has 1 rings (SSSR count). The minimum absolute atomic E-state index is 0.448. The molecule has 0 saturated heterocycles. The molecule has 1 N–H and O–H groups in total. The predicted octanol–water partition coefficient (Wildman–Crippen LogP) is 2.50. The number of hydrogen-bond acceptors (Lipinski definition) is 2. The quantitative estimate of drug-likeness (QED) is 0.749. The molecule has 0 spiro atoms. The standard InChI is InChI=1S/C14H27N3/c1-5-9-15-13(2)14-8-6-11-17(14)12-7-10-16(3)4/h6,8,11,13,15H,5,7,9-10,12H2,1-4H3. The van der Waals surface area contributed by atoms with Crippen molar-refractivity contribution in [3.05, 3.63) is 24.0 Å².